The van der Waals surface area contributed by atoms with Crippen molar-refractivity contribution in [2.75, 3.05) is 5.32 Å². The maximum absolute atomic E-state index is 12.3. The SMILES string of the molecule is Cc1c(Cl)ccc2c1NC(=O)C2(O)CC(=O)c1ccccc1. The van der Waals surface area contributed by atoms with Crippen molar-refractivity contribution in [2.24, 2.45) is 0 Å². The van der Waals surface area contributed by atoms with Crippen LogP contribution in [0.3, 0.4) is 0 Å². The van der Waals surface area contributed by atoms with Crippen LogP contribution in [0.4, 0.5) is 5.69 Å². The molecule has 1 amide bonds. The second kappa shape index (κ2) is 5.23. The largest absolute Gasteiger partial charge is 0.375 e. The van der Waals surface area contributed by atoms with E-state index in [1.807, 2.05) is 0 Å². The van der Waals surface area contributed by atoms with E-state index in [9.17, 15) is 14.7 Å². The maximum Gasteiger partial charge on any atom is 0.261 e. The Bertz CT molecular complexity index is 773. The van der Waals surface area contributed by atoms with Crippen molar-refractivity contribution >= 4 is 29.0 Å². The molecule has 1 atom stereocenters. The first-order valence-electron chi connectivity index (χ1n) is 6.85. The van der Waals surface area contributed by atoms with Gasteiger partial charge in [0.1, 0.15) is 0 Å². The molecule has 0 spiro atoms. The van der Waals surface area contributed by atoms with Gasteiger partial charge in [-0.05, 0) is 18.6 Å². The van der Waals surface area contributed by atoms with Gasteiger partial charge >= 0.3 is 0 Å². The lowest BCUT2D eigenvalue weighted by Crippen LogP contribution is -2.36. The zero-order chi connectivity index (χ0) is 15.9. The van der Waals surface area contributed by atoms with Gasteiger partial charge in [0.05, 0.1) is 12.1 Å². The normalized spacial score (nSPS) is 19.7. The van der Waals surface area contributed by atoms with Crippen molar-refractivity contribution < 1.29 is 14.7 Å². The topological polar surface area (TPSA) is 66.4 Å². The van der Waals surface area contributed by atoms with Crippen molar-refractivity contribution in [2.45, 2.75) is 18.9 Å². The van der Waals surface area contributed by atoms with E-state index in [1.54, 1.807) is 49.4 Å². The van der Waals surface area contributed by atoms with Crippen molar-refractivity contribution in [1.29, 1.82) is 0 Å². The van der Waals surface area contributed by atoms with Crippen LogP contribution in [0.1, 0.15) is 27.9 Å². The average molecular weight is 316 g/mol. The van der Waals surface area contributed by atoms with Crippen LogP contribution in [0, 0.1) is 6.92 Å². The van der Waals surface area contributed by atoms with E-state index in [2.05, 4.69) is 5.32 Å². The number of carbonyl (C=O) groups excluding carboxylic acids is 2. The van der Waals surface area contributed by atoms with Crippen molar-refractivity contribution in [3.05, 3.63) is 64.2 Å². The molecule has 0 aromatic heterocycles. The number of benzene rings is 2. The second-order valence-corrected chi connectivity index (χ2v) is 5.78. The van der Waals surface area contributed by atoms with Crippen LogP contribution in [-0.4, -0.2) is 16.8 Å². The van der Waals surface area contributed by atoms with Gasteiger partial charge in [0.25, 0.3) is 5.91 Å². The molecule has 4 nitrogen and oxygen atoms in total. The van der Waals surface area contributed by atoms with E-state index in [4.69, 9.17) is 11.6 Å². The van der Waals surface area contributed by atoms with E-state index in [-0.39, 0.29) is 12.2 Å². The Morgan fingerprint density at radius 2 is 1.91 bits per heavy atom. The van der Waals surface area contributed by atoms with Gasteiger partial charge in [-0.25, -0.2) is 0 Å². The molecule has 0 aliphatic carbocycles. The van der Waals surface area contributed by atoms with Gasteiger partial charge in [-0.3, -0.25) is 9.59 Å². The van der Waals surface area contributed by atoms with Gasteiger partial charge in [-0.1, -0.05) is 48.0 Å². The fraction of sp³-hybridized carbons (Fsp3) is 0.176. The lowest BCUT2D eigenvalue weighted by Gasteiger charge is -2.20. The number of halogens is 1. The molecule has 0 radical (unpaired) electrons. The van der Waals surface area contributed by atoms with Crippen molar-refractivity contribution in [1.82, 2.24) is 0 Å². The minimum absolute atomic E-state index is 0.293. The molecule has 22 heavy (non-hydrogen) atoms. The number of aliphatic hydroxyl groups is 1. The Labute approximate surface area is 132 Å². The number of rotatable bonds is 3. The molecular formula is C17H14ClNO3. The fourth-order valence-corrected chi connectivity index (χ4v) is 2.82. The summed E-state index contributed by atoms with van der Waals surface area (Å²) in [6.07, 6.45) is -0.309. The molecule has 1 heterocycles. The highest BCUT2D eigenvalue weighted by molar-refractivity contribution is 6.32. The first-order chi connectivity index (χ1) is 10.4. The lowest BCUT2D eigenvalue weighted by molar-refractivity contribution is -0.133. The minimum atomic E-state index is -1.86. The summed E-state index contributed by atoms with van der Waals surface area (Å²) in [5.74, 6) is -0.893. The van der Waals surface area contributed by atoms with Gasteiger partial charge in [0.2, 0.25) is 0 Å². The quantitative estimate of drug-likeness (QED) is 0.855. The standard InChI is InChI=1S/C17H14ClNO3/c1-10-13(18)8-7-12-15(10)19-16(21)17(12,22)9-14(20)11-5-3-2-4-6-11/h2-8,22H,9H2,1H3,(H,19,21). The van der Waals surface area contributed by atoms with Crippen LogP contribution in [0.2, 0.25) is 5.02 Å². The maximum atomic E-state index is 12.3. The number of nitrogens with one attached hydrogen (secondary N) is 1. The smallest absolute Gasteiger partial charge is 0.261 e. The molecular weight excluding hydrogens is 302 g/mol. The highest BCUT2D eigenvalue weighted by Crippen LogP contribution is 2.42. The molecule has 112 valence electrons. The third kappa shape index (κ3) is 2.21. The molecule has 0 fully saturated rings. The molecule has 5 heteroatoms. The summed E-state index contributed by atoms with van der Waals surface area (Å²) in [5.41, 5.74) is 0.153. The summed E-state index contributed by atoms with van der Waals surface area (Å²) >= 11 is 6.03. The minimum Gasteiger partial charge on any atom is -0.375 e. The van der Waals surface area contributed by atoms with Crippen LogP contribution < -0.4 is 5.32 Å². The summed E-state index contributed by atoms with van der Waals surface area (Å²) in [5, 5.41) is 13.9. The number of fused-ring (bicyclic) bond motifs is 1. The highest BCUT2D eigenvalue weighted by Gasteiger charge is 2.47. The van der Waals surface area contributed by atoms with Gasteiger partial charge in [-0.15, -0.1) is 0 Å². The zero-order valence-electron chi connectivity index (χ0n) is 11.9. The number of hydrogen-bond donors (Lipinski definition) is 2. The number of amides is 1. The first kappa shape index (κ1) is 14.8. The van der Waals surface area contributed by atoms with E-state index in [1.165, 1.54) is 0 Å². The van der Waals surface area contributed by atoms with Crippen LogP contribution in [-0.2, 0) is 10.4 Å². The number of hydrogen-bond acceptors (Lipinski definition) is 3. The Hall–Kier alpha value is -2.17. The number of Topliss-reactive ketones (excluding diaryl/α,β-unsaturated/α-hetero) is 1. The third-order valence-corrected chi connectivity index (χ3v) is 4.38. The van der Waals surface area contributed by atoms with E-state index >= 15 is 0 Å². The summed E-state index contributed by atoms with van der Waals surface area (Å²) in [4.78, 5) is 24.6. The fourth-order valence-electron chi connectivity index (χ4n) is 2.67. The summed E-state index contributed by atoms with van der Waals surface area (Å²) in [6, 6.07) is 11.8. The van der Waals surface area contributed by atoms with Crippen LogP contribution >= 0.6 is 11.6 Å². The van der Waals surface area contributed by atoms with Crippen LogP contribution in [0.25, 0.3) is 0 Å². The van der Waals surface area contributed by atoms with Crippen molar-refractivity contribution in [3.8, 4) is 0 Å². The van der Waals surface area contributed by atoms with Crippen LogP contribution in [0.5, 0.6) is 0 Å². The molecule has 1 unspecified atom stereocenters. The summed E-state index contributed by atoms with van der Waals surface area (Å²) in [6.45, 7) is 1.76. The van der Waals surface area contributed by atoms with E-state index in [0.717, 1.165) is 0 Å². The van der Waals surface area contributed by atoms with Crippen molar-refractivity contribution in [3.63, 3.8) is 0 Å². The molecule has 2 aromatic rings. The Morgan fingerprint density at radius 1 is 1.23 bits per heavy atom. The number of carbonyl (C=O) groups is 2. The first-order valence-corrected chi connectivity index (χ1v) is 7.23. The predicted octanol–water partition coefficient (Wildman–Crippen LogP) is 3.06. The Morgan fingerprint density at radius 3 is 2.59 bits per heavy atom. The molecule has 2 aromatic carbocycles. The van der Waals surface area contributed by atoms with E-state index in [0.29, 0.717) is 27.4 Å². The molecule has 2 N–H and O–H groups in total. The van der Waals surface area contributed by atoms with Gasteiger partial charge in [-0.2, -0.15) is 0 Å². The summed E-state index contributed by atoms with van der Waals surface area (Å²) < 4.78 is 0. The predicted molar refractivity (Wildman–Crippen MR) is 84.1 cm³/mol. The summed E-state index contributed by atoms with van der Waals surface area (Å²) in [7, 11) is 0. The average Bonchev–Trinajstić information content (AvgIpc) is 2.76. The van der Waals surface area contributed by atoms with Gasteiger partial charge in [0, 0.05) is 16.1 Å². The molecule has 1 aliphatic heterocycles. The Balaban J connectivity index is 1.99. The van der Waals surface area contributed by atoms with Gasteiger partial charge in [0.15, 0.2) is 11.4 Å². The Kier molecular flexibility index (Phi) is 3.51. The second-order valence-electron chi connectivity index (χ2n) is 5.38. The zero-order valence-corrected chi connectivity index (χ0v) is 12.6. The third-order valence-electron chi connectivity index (χ3n) is 3.97. The van der Waals surface area contributed by atoms with Crippen LogP contribution in [0.15, 0.2) is 42.5 Å². The molecule has 1 aliphatic rings. The highest BCUT2D eigenvalue weighted by atomic mass is 35.5. The number of ketones is 1. The molecule has 0 saturated heterocycles. The van der Waals surface area contributed by atoms with Gasteiger partial charge < -0.3 is 10.4 Å². The molecule has 0 saturated carbocycles. The lowest BCUT2D eigenvalue weighted by atomic mass is 9.87. The molecule has 0 bridgehead atoms. The van der Waals surface area contributed by atoms with E-state index < -0.39 is 11.5 Å². The molecule has 3 rings (SSSR count). The number of anilines is 1. The monoisotopic (exact) mass is 315 g/mol.